The number of nitriles is 1. The summed E-state index contributed by atoms with van der Waals surface area (Å²) in [4.78, 5) is 36.0. The molecule has 0 spiro atoms. The van der Waals surface area contributed by atoms with Gasteiger partial charge in [0.05, 0.1) is 12.2 Å². The number of ether oxygens (including phenoxy) is 2. The van der Waals surface area contributed by atoms with Gasteiger partial charge in [-0.3, -0.25) is 14.4 Å². The molecule has 146 valence electrons. The van der Waals surface area contributed by atoms with Crippen LogP contribution in [0.15, 0.2) is 35.7 Å². The van der Waals surface area contributed by atoms with E-state index in [1.165, 1.54) is 18.3 Å². The van der Waals surface area contributed by atoms with E-state index < -0.39 is 23.9 Å². The molecule has 0 radical (unpaired) electrons. The Kier molecular flexibility index (Phi) is 7.54. The standard InChI is InChI=1S/C19H19N3O5S/c1-3-26-15-6-4-13(5-7-15)18(25)21-11-16(23)27-12(2)17(24)22-19-14(10-20)8-9-28-19/h4-9,12H,3,11H2,1-2H3,(H,21,25)(H,22,24)/t12-/m0/s1. The SMILES string of the molecule is CCOc1ccc(C(=O)NCC(=O)O[C@@H](C)C(=O)Nc2sccc2C#N)cc1. The zero-order chi connectivity index (χ0) is 20.5. The molecule has 1 atom stereocenters. The first-order valence-electron chi connectivity index (χ1n) is 8.43. The van der Waals surface area contributed by atoms with Crippen LogP contribution in [0.25, 0.3) is 0 Å². The van der Waals surface area contributed by atoms with Gasteiger partial charge >= 0.3 is 5.97 Å². The largest absolute Gasteiger partial charge is 0.494 e. The van der Waals surface area contributed by atoms with Gasteiger partial charge < -0.3 is 20.1 Å². The molecule has 0 bridgehead atoms. The molecule has 0 unspecified atom stereocenters. The predicted octanol–water partition coefficient (Wildman–Crippen LogP) is 2.32. The summed E-state index contributed by atoms with van der Waals surface area (Å²) in [7, 11) is 0. The van der Waals surface area contributed by atoms with Crippen LogP contribution in [0.2, 0.25) is 0 Å². The van der Waals surface area contributed by atoms with Gasteiger partial charge in [-0.15, -0.1) is 11.3 Å². The molecule has 8 nitrogen and oxygen atoms in total. The molecule has 28 heavy (non-hydrogen) atoms. The molecule has 2 amide bonds. The number of hydrogen-bond donors (Lipinski definition) is 2. The first-order chi connectivity index (χ1) is 13.4. The molecule has 2 rings (SSSR count). The molecular weight excluding hydrogens is 382 g/mol. The van der Waals surface area contributed by atoms with E-state index in [1.807, 2.05) is 13.0 Å². The van der Waals surface area contributed by atoms with Crippen molar-refractivity contribution in [3.8, 4) is 11.8 Å². The Hall–Kier alpha value is -3.38. The summed E-state index contributed by atoms with van der Waals surface area (Å²) in [5.41, 5.74) is 0.697. The van der Waals surface area contributed by atoms with Crippen LogP contribution in [-0.4, -0.2) is 37.0 Å². The number of nitrogens with zero attached hydrogens (tertiary/aromatic N) is 1. The van der Waals surface area contributed by atoms with Crippen LogP contribution in [-0.2, 0) is 14.3 Å². The number of esters is 1. The van der Waals surface area contributed by atoms with E-state index in [0.29, 0.717) is 28.5 Å². The van der Waals surface area contributed by atoms with Crippen molar-refractivity contribution in [3.63, 3.8) is 0 Å². The number of benzene rings is 1. The van der Waals surface area contributed by atoms with Gasteiger partial charge in [-0.25, -0.2) is 0 Å². The van der Waals surface area contributed by atoms with Crippen molar-refractivity contribution >= 4 is 34.1 Å². The Bertz CT molecular complexity index is 886. The molecule has 0 saturated carbocycles. The van der Waals surface area contributed by atoms with Crippen LogP contribution < -0.4 is 15.4 Å². The van der Waals surface area contributed by atoms with Crippen molar-refractivity contribution in [1.82, 2.24) is 5.32 Å². The average molecular weight is 401 g/mol. The molecule has 9 heteroatoms. The lowest BCUT2D eigenvalue weighted by Crippen LogP contribution is -2.35. The zero-order valence-corrected chi connectivity index (χ0v) is 16.2. The van der Waals surface area contributed by atoms with Crippen molar-refractivity contribution < 1.29 is 23.9 Å². The number of nitrogens with one attached hydrogen (secondary N) is 2. The van der Waals surface area contributed by atoms with Gasteiger partial charge in [-0.2, -0.15) is 5.26 Å². The molecule has 0 saturated heterocycles. The van der Waals surface area contributed by atoms with Crippen molar-refractivity contribution in [2.24, 2.45) is 0 Å². The summed E-state index contributed by atoms with van der Waals surface area (Å²) >= 11 is 1.19. The fourth-order valence-corrected chi connectivity index (χ4v) is 2.86. The smallest absolute Gasteiger partial charge is 0.326 e. The molecule has 2 N–H and O–H groups in total. The zero-order valence-electron chi connectivity index (χ0n) is 15.4. The summed E-state index contributed by atoms with van der Waals surface area (Å²) < 4.78 is 10.3. The molecule has 0 aliphatic heterocycles. The van der Waals surface area contributed by atoms with E-state index >= 15 is 0 Å². The molecule has 0 aliphatic carbocycles. The molecule has 2 aromatic rings. The summed E-state index contributed by atoms with van der Waals surface area (Å²) in [5.74, 6) is -1.13. The van der Waals surface area contributed by atoms with Crippen LogP contribution in [0.1, 0.15) is 29.8 Å². The number of carbonyl (C=O) groups is 3. The predicted molar refractivity (Wildman–Crippen MR) is 103 cm³/mol. The van der Waals surface area contributed by atoms with E-state index in [0.717, 1.165) is 0 Å². The Morgan fingerprint density at radius 3 is 2.57 bits per heavy atom. The molecule has 0 aliphatic rings. The fraction of sp³-hybridized carbons (Fsp3) is 0.263. The third kappa shape index (κ3) is 5.82. The van der Waals surface area contributed by atoms with Gasteiger partial charge in [-0.05, 0) is 49.6 Å². The number of carbonyl (C=O) groups excluding carboxylic acids is 3. The van der Waals surface area contributed by atoms with Crippen LogP contribution in [0.4, 0.5) is 5.00 Å². The minimum Gasteiger partial charge on any atom is -0.494 e. The molecule has 1 heterocycles. The highest BCUT2D eigenvalue weighted by Crippen LogP contribution is 2.22. The first kappa shape index (κ1) is 20.9. The van der Waals surface area contributed by atoms with Crippen molar-refractivity contribution in [2.75, 3.05) is 18.5 Å². The topological polar surface area (TPSA) is 118 Å². The number of rotatable bonds is 8. The quantitative estimate of drug-likeness (QED) is 0.656. The third-order valence-corrected chi connectivity index (χ3v) is 4.35. The maximum atomic E-state index is 12.1. The second-order valence-electron chi connectivity index (χ2n) is 5.54. The van der Waals surface area contributed by atoms with Crippen LogP contribution in [0.5, 0.6) is 5.75 Å². The summed E-state index contributed by atoms with van der Waals surface area (Å²) in [6.07, 6.45) is -1.08. The number of anilines is 1. The van der Waals surface area contributed by atoms with Gasteiger partial charge in [0, 0.05) is 5.56 Å². The highest BCUT2D eigenvalue weighted by Gasteiger charge is 2.20. The first-order valence-corrected chi connectivity index (χ1v) is 9.31. The lowest BCUT2D eigenvalue weighted by Gasteiger charge is -2.13. The van der Waals surface area contributed by atoms with E-state index in [1.54, 1.807) is 35.7 Å². The van der Waals surface area contributed by atoms with E-state index in [2.05, 4.69) is 10.6 Å². The number of hydrogen-bond acceptors (Lipinski definition) is 7. The van der Waals surface area contributed by atoms with Gasteiger partial charge in [-0.1, -0.05) is 0 Å². The molecular formula is C19H19N3O5S. The van der Waals surface area contributed by atoms with E-state index in [4.69, 9.17) is 14.7 Å². The highest BCUT2D eigenvalue weighted by molar-refractivity contribution is 7.14. The maximum Gasteiger partial charge on any atom is 0.326 e. The van der Waals surface area contributed by atoms with Crippen molar-refractivity contribution in [1.29, 1.82) is 5.26 Å². The van der Waals surface area contributed by atoms with E-state index in [-0.39, 0.29) is 6.54 Å². The molecule has 1 aromatic heterocycles. The minimum atomic E-state index is -1.08. The Morgan fingerprint density at radius 2 is 1.93 bits per heavy atom. The second-order valence-corrected chi connectivity index (χ2v) is 6.45. The lowest BCUT2D eigenvalue weighted by molar-refractivity contribution is -0.152. The third-order valence-electron chi connectivity index (χ3n) is 3.52. The Labute approximate surface area is 166 Å². The summed E-state index contributed by atoms with van der Waals surface area (Å²) in [6.45, 7) is 3.40. The van der Waals surface area contributed by atoms with Gasteiger partial charge in [0.1, 0.15) is 23.4 Å². The van der Waals surface area contributed by atoms with Gasteiger partial charge in [0.15, 0.2) is 6.10 Å². The Balaban J connectivity index is 1.80. The van der Waals surface area contributed by atoms with Gasteiger partial charge in [0.25, 0.3) is 11.8 Å². The van der Waals surface area contributed by atoms with Crippen LogP contribution >= 0.6 is 11.3 Å². The summed E-state index contributed by atoms with van der Waals surface area (Å²) in [6, 6.07) is 10.00. The van der Waals surface area contributed by atoms with Crippen molar-refractivity contribution in [2.45, 2.75) is 20.0 Å². The second kappa shape index (κ2) is 10.1. The normalized spacial score (nSPS) is 11.0. The average Bonchev–Trinajstić information content (AvgIpc) is 3.14. The summed E-state index contributed by atoms with van der Waals surface area (Å²) in [5, 5.41) is 16.0. The minimum absolute atomic E-state index is 0.333. The highest BCUT2D eigenvalue weighted by atomic mass is 32.1. The number of thiophene rings is 1. The van der Waals surface area contributed by atoms with E-state index in [9.17, 15) is 14.4 Å². The van der Waals surface area contributed by atoms with Crippen LogP contribution in [0, 0.1) is 11.3 Å². The maximum absolute atomic E-state index is 12.1. The van der Waals surface area contributed by atoms with Gasteiger partial charge in [0.2, 0.25) is 0 Å². The monoisotopic (exact) mass is 401 g/mol. The van der Waals surface area contributed by atoms with Crippen LogP contribution in [0.3, 0.4) is 0 Å². The Morgan fingerprint density at radius 1 is 1.21 bits per heavy atom. The number of amides is 2. The lowest BCUT2D eigenvalue weighted by atomic mass is 10.2. The molecule has 0 fully saturated rings. The fourth-order valence-electron chi connectivity index (χ4n) is 2.12. The van der Waals surface area contributed by atoms with Crippen molar-refractivity contribution in [3.05, 3.63) is 46.8 Å². The molecule has 1 aromatic carbocycles.